The van der Waals surface area contributed by atoms with Gasteiger partial charge in [-0.3, -0.25) is 0 Å². The standard InChI is InChI=1S/C10H13N3O3/c1-5(14)8(11)10-12-9(13-16-10)7-3-4-15-6(7)2/h3-5,8,14H,11H2,1-2H3. The first kappa shape index (κ1) is 10.8. The summed E-state index contributed by atoms with van der Waals surface area (Å²) in [6, 6.07) is 1.08. The number of hydrogen-bond acceptors (Lipinski definition) is 6. The van der Waals surface area contributed by atoms with Crippen LogP contribution in [0.15, 0.2) is 21.3 Å². The van der Waals surface area contributed by atoms with Crippen molar-refractivity contribution in [2.45, 2.75) is 26.0 Å². The Bertz CT molecular complexity index is 475. The van der Waals surface area contributed by atoms with Crippen molar-refractivity contribution in [3.63, 3.8) is 0 Å². The predicted octanol–water partition coefficient (Wildman–Crippen LogP) is 1.02. The van der Waals surface area contributed by atoms with E-state index >= 15 is 0 Å². The van der Waals surface area contributed by atoms with Crippen LogP contribution < -0.4 is 5.73 Å². The van der Waals surface area contributed by atoms with E-state index < -0.39 is 12.1 Å². The summed E-state index contributed by atoms with van der Waals surface area (Å²) in [7, 11) is 0. The molecule has 86 valence electrons. The van der Waals surface area contributed by atoms with Gasteiger partial charge < -0.3 is 19.8 Å². The molecule has 0 aliphatic rings. The Labute approximate surface area is 92.1 Å². The third-order valence-electron chi connectivity index (χ3n) is 2.35. The molecule has 2 aromatic heterocycles. The van der Waals surface area contributed by atoms with E-state index in [0.717, 1.165) is 5.56 Å². The Morgan fingerprint density at radius 2 is 2.25 bits per heavy atom. The third-order valence-corrected chi connectivity index (χ3v) is 2.35. The summed E-state index contributed by atoms with van der Waals surface area (Å²) in [4.78, 5) is 4.11. The molecule has 16 heavy (non-hydrogen) atoms. The van der Waals surface area contributed by atoms with Gasteiger partial charge >= 0.3 is 0 Å². The van der Waals surface area contributed by atoms with Gasteiger partial charge in [0.25, 0.3) is 0 Å². The SMILES string of the molecule is Cc1occc1-c1noc(C(N)C(C)O)n1. The molecule has 6 heteroatoms. The Kier molecular flexibility index (Phi) is 2.76. The first-order valence-electron chi connectivity index (χ1n) is 4.91. The fourth-order valence-electron chi connectivity index (χ4n) is 1.30. The van der Waals surface area contributed by atoms with E-state index in [1.165, 1.54) is 0 Å². The van der Waals surface area contributed by atoms with Crippen LogP contribution in [-0.4, -0.2) is 21.4 Å². The number of nitrogens with zero attached hydrogens (tertiary/aromatic N) is 2. The van der Waals surface area contributed by atoms with Crippen LogP contribution in [0.2, 0.25) is 0 Å². The predicted molar refractivity (Wildman–Crippen MR) is 55.3 cm³/mol. The average molecular weight is 223 g/mol. The van der Waals surface area contributed by atoms with Crippen molar-refractivity contribution in [2.24, 2.45) is 5.73 Å². The number of aliphatic hydroxyl groups is 1. The van der Waals surface area contributed by atoms with Gasteiger partial charge in [0.15, 0.2) is 0 Å². The highest BCUT2D eigenvalue weighted by Gasteiger charge is 2.20. The first-order valence-corrected chi connectivity index (χ1v) is 4.91. The molecule has 0 aliphatic carbocycles. The van der Waals surface area contributed by atoms with Gasteiger partial charge in [0.1, 0.15) is 11.8 Å². The molecule has 0 saturated heterocycles. The molecule has 0 amide bonds. The van der Waals surface area contributed by atoms with Crippen LogP contribution in [0.1, 0.15) is 24.6 Å². The Morgan fingerprint density at radius 3 is 2.81 bits per heavy atom. The lowest BCUT2D eigenvalue weighted by molar-refractivity contribution is 0.146. The quantitative estimate of drug-likeness (QED) is 0.806. The molecule has 0 aliphatic heterocycles. The molecular formula is C10H13N3O3. The third kappa shape index (κ3) is 1.84. The summed E-state index contributed by atoms with van der Waals surface area (Å²) in [5.74, 6) is 1.33. The summed E-state index contributed by atoms with van der Waals surface area (Å²) >= 11 is 0. The minimum atomic E-state index is -0.737. The lowest BCUT2D eigenvalue weighted by atomic mass is 10.2. The highest BCUT2D eigenvalue weighted by atomic mass is 16.5. The molecule has 2 aromatic rings. The molecule has 3 N–H and O–H groups in total. The van der Waals surface area contributed by atoms with Crippen LogP contribution in [0, 0.1) is 6.92 Å². The van der Waals surface area contributed by atoms with Gasteiger partial charge in [-0.05, 0) is 19.9 Å². The topological polar surface area (TPSA) is 98.3 Å². The van der Waals surface area contributed by atoms with Gasteiger partial charge in [-0.25, -0.2) is 0 Å². The second-order valence-electron chi connectivity index (χ2n) is 3.61. The van der Waals surface area contributed by atoms with Gasteiger partial charge in [-0.2, -0.15) is 4.98 Å². The molecule has 0 bridgehead atoms. The van der Waals surface area contributed by atoms with Crippen molar-refractivity contribution >= 4 is 0 Å². The molecule has 2 rings (SSSR count). The number of hydrogen-bond donors (Lipinski definition) is 2. The maximum atomic E-state index is 9.30. The van der Waals surface area contributed by atoms with E-state index in [1.54, 1.807) is 26.2 Å². The number of rotatable bonds is 3. The normalized spacial score (nSPS) is 15.0. The van der Waals surface area contributed by atoms with Gasteiger partial charge in [0.05, 0.1) is 17.9 Å². The van der Waals surface area contributed by atoms with Crippen molar-refractivity contribution in [2.75, 3.05) is 0 Å². The minimum absolute atomic E-state index is 0.214. The van der Waals surface area contributed by atoms with Crippen LogP contribution in [-0.2, 0) is 0 Å². The Hall–Kier alpha value is -1.66. The number of aliphatic hydroxyl groups excluding tert-OH is 1. The molecule has 0 aromatic carbocycles. The molecule has 6 nitrogen and oxygen atoms in total. The summed E-state index contributed by atoms with van der Waals surface area (Å²) in [6.07, 6.45) is 0.814. The van der Waals surface area contributed by atoms with Gasteiger partial charge in [0, 0.05) is 0 Å². The van der Waals surface area contributed by atoms with Crippen molar-refractivity contribution in [1.29, 1.82) is 0 Å². The first-order chi connectivity index (χ1) is 7.59. The van der Waals surface area contributed by atoms with Crippen molar-refractivity contribution in [3.05, 3.63) is 24.0 Å². The number of aromatic nitrogens is 2. The minimum Gasteiger partial charge on any atom is -0.469 e. The number of aryl methyl sites for hydroxylation is 1. The Balaban J connectivity index is 2.30. The zero-order valence-corrected chi connectivity index (χ0v) is 9.04. The fourth-order valence-corrected chi connectivity index (χ4v) is 1.30. The largest absolute Gasteiger partial charge is 0.469 e. The van der Waals surface area contributed by atoms with Gasteiger partial charge in [-0.15, -0.1) is 0 Å². The van der Waals surface area contributed by atoms with Gasteiger partial charge in [0.2, 0.25) is 11.7 Å². The highest BCUT2D eigenvalue weighted by molar-refractivity contribution is 5.56. The molecular weight excluding hydrogens is 210 g/mol. The van der Waals surface area contributed by atoms with Crippen LogP contribution in [0.5, 0.6) is 0 Å². The van der Waals surface area contributed by atoms with Crippen molar-refractivity contribution < 1.29 is 14.0 Å². The average Bonchev–Trinajstić information content (AvgIpc) is 2.84. The zero-order chi connectivity index (χ0) is 11.7. The lowest BCUT2D eigenvalue weighted by Gasteiger charge is -2.08. The Morgan fingerprint density at radius 1 is 1.50 bits per heavy atom. The number of furan rings is 1. The summed E-state index contributed by atoms with van der Waals surface area (Å²) in [5.41, 5.74) is 6.43. The van der Waals surface area contributed by atoms with E-state index in [4.69, 9.17) is 14.7 Å². The van der Waals surface area contributed by atoms with E-state index in [2.05, 4.69) is 10.1 Å². The second kappa shape index (κ2) is 4.07. The second-order valence-corrected chi connectivity index (χ2v) is 3.61. The van der Waals surface area contributed by atoms with Crippen molar-refractivity contribution in [1.82, 2.24) is 10.1 Å². The number of nitrogens with two attached hydrogens (primary N) is 1. The molecule has 0 radical (unpaired) electrons. The molecule has 0 spiro atoms. The molecule has 0 saturated carbocycles. The lowest BCUT2D eigenvalue weighted by Crippen LogP contribution is -2.23. The highest BCUT2D eigenvalue weighted by Crippen LogP contribution is 2.22. The van der Waals surface area contributed by atoms with Crippen LogP contribution in [0.25, 0.3) is 11.4 Å². The molecule has 2 atom stereocenters. The fraction of sp³-hybridized carbons (Fsp3) is 0.400. The maximum Gasteiger partial charge on any atom is 0.246 e. The molecule has 2 heterocycles. The summed E-state index contributed by atoms with van der Waals surface area (Å²) in [6.45, 7) is 3.37. The maximum absolute atomic E-state index is 9.30. The van der Waals surface area contributed by atoms with E-state index in [1.807, 2.05) is 0 Å². The van der Waals surface area contributed by atoms with Crippen molar-refractivity contribution in [3.8, 4) is 11.4 Å². The van der Waals surface area contributed by atoms with Crippen LogP contribution in [0.3, 0.4) is 0 Å². The summed E-state index contributed by atoms with van der Waals surface area (Å²) < 4.78 is 10.1. The monoisotopic (exact) mass is 223 g/mol. The summed E-state index contributed by atoms with van der Waals surface area (Å²) in [5, 5.41) is 13.1. The van der Waals surface area contributed by atoms with Crippen LogP contribution in [0.4, 0.5) is 0 Å². The van der Waals surface area contributed by atoms with E-state index in [-0.39, 0.29) is 5.89 Å². The van der Waals surface area contributed by atoms with E-state index in [0.29, 0.717) is 11.6 Å². The molecule has 0 fully saturated rings. The van der Waals surface area contributed by atoms with Gasteiger partial charge in [-0.1, -0.05) is 5.16 Å². The molecule has 2 unspecified atom stereocenters. The smallest absolute Gasteiger partial charge is 0.246 e. The van der Waals surface area contributed by atoms with Crippen LogP contribution >= 0.6 is 0 Å². The zero-order valence-electron chi connectivity index (χ0n) is 9.04. The van der Waals surface area contributed by atoms with E-state index in [9.17, 15) is 5.11 Å².